The predicted molar refractivity (Wildman–Crippen MR) is 89.7 cm³/mol. The number of likely N-dealkylation sites (tertiary alicyclic amines) is 1. The fourth-order valence-electron chi connectivity index (χ4n) is 3.29. The topological polar surface area (TPSA) is 69.7 Å². The monoisotopic (exact) mass is 329 g/mol. The second-order valence-corrected chi connectivity index (χ2v) is 6.31. The Bertz CT molecular complexity index is 603. The van der Waals surface area contributed by atoms with E-state index in [9.17, 15) is 14.4 Å². The van der Waals surface area contributed by atoms with E-state index < -0.39 is 0 Å². The number of rotatable bonds is 7. The Morgan fingerprint density at radius 1 is 1.00 bits per heavy atom. The van der Waals surface area contributed by atoms with E-state index in [1.807, 2.05) is 0 Å². The van der Waals surface area contributed by atoms with Gasteiger partial charge in [0.2, 0.25) is 5.91 Å². The summed E-state index contributed by atoms with van der Waals surface area (Å²) in [5.74, 6) is -0.541. The van der Waals surface area contributed by atoms with Gasteiger partial charge in [-0.25, -0.2) is 0 Å². The normalized spacial score (nSPS) is 17.4. The number of imide groups is 1. The van der Waals surface area contributed by atoms with Crippen LogP contribution in [0.15, 0.2) is 24.3 Å². The minimum atomic E-state index is -0.259. The summed E-state index contributed by atoms with van der Waals surface area (Å²) in [6.45, 7) is 4.08. The number of carbonyl (C=O) groups is 3. The molecular weight excluding hydrogens is 306 g/mol. The van der Waals surface area contributed by atoms with Gasteiger partial charge in [0, 0.05) is 26.1 Å². The lowest BCUT2D eigenvalue weighted by Gasteiger charge is -2.15. The maximum absolute atomic E-state index is 12.2. The summed E-state index contributed by atoms with van der Waals surface area (Å²) in [6.07, 6.45) is 3.30. The number of nitrogens with one attached hydrogen (secondary N) is 1. The molecule has 0 unspecified atom stereocenters. The van der Waals surface area contributed by atoms with Crippen LogP contribution >= 0.6 is 0 Å². The number of hydrogen-bond donors (Lipinski definition) is 1. The Kier molecular flexibility index (Phi) is 5.25. The molecule has 0 spiro atoms. The van der Waals surface area contributed by atoms with E-state index in [1.165, 1.54) is 17.7 Å². The van der Waals surface area contributed by atoms with Gasteiger partial charge < -0.3 is 10.2 Å². The molecule has 1 aromatic rings. The molecule has 1 aromatic carbocycles. The summed E-state index contributed by atoms with van der Waals surface area (Å²) >= 11 is 0. The molecule has 0 radical (unpaired) electrons. The zero-order valence-corrected chi connectivity index (χ0v) is 13.8. The maximum Gasteiger partial charge on any atom is 0.261 e. The van der Waals surface area contributed by atoms with Crippen molar-refractivity contribution in [1.82, 2.24) is 15.1 Å². The fraction of sp³-hybridized carbons (Fsp3) is 0.500. The molecule has 1 fully saturated rings. The molecule has 0 bridgehead atoms. The summed E-state index contributed by atoms with van der Waals surface area (Å²) in [6, 6.07) is 6.84. The van der Waals surface area contributed by atoms with Crippen LogP contribution in [0.25, 0.3) is 0 Å². The molecule has 1 N–H and O–H groups in total. The van der Waals surface area contributed by atoms with E-state index in [4.69, 9.17) is 0 Å². The molecule has 0 atom stereocenters. The highest BCUT2D eigenvalue weighted by molar-refractivity contribution is 6.21. The maximum atomic E-state index is 12.2. The van der Waals surface area contributed by atoms with Crippen molar-refractivity contribution in [2.45, 2.75) is 25.7 Å². The van der Waals surface area contributed by atoms with E-state index in [-0.39, 0.29) is 24.3 Å². The van der Waals surface area contributed by atoms with Gasteiger partial charge in [-0.2, -0.15) is 0 Å². The van der Waals surface area contributed by atoms with E-state index in [0.717, 1.165) is 19.6 Å². The molecule has 3 amide bonds. The van der Waals surface area contributed by atoms with Crippen LogP contribution in [0, 0.1) is 0 Å². The lowest BCUT2D eigenvalue weighted by Crippen LogP contribution is -2.34. The van der Waals surface area contributed by atoms with Gasteiger partial charge in [0.05, 0.1) is 11.1 Å². The van der Waals surface area contributed by atoms with Gasteiger partial charge in [-0.05, 0) is 44.5 Å². The molecule has 0 aromatic heterocycles. The van der Waals surface area contributed by atoms with Crippen molar-refractivity contribution in [3.8, 4) is 0 Å². The number of hydrogen-bond acceptors (Lipinski definition) is 4. The number of fused-ring (bicyclic) bond motifs is 1. The van der Waals surface area contributed by atoms with E-state index >= 15 is 0 Å². The van der Waals surface area contributed by atoms with Crippen molar-refractivity contribution in [3.63, 3.8) is 0 Å². The lowest BCUT2D eigenvalue weighted by molar-refractivity contribution is -0.121. The quantitative estimate of drug-likeness (QED) is 0.765. The number of benzene rings is 1. The Labute approximate surface area is 141 Å². The first-order valence-corrected chi connectivity index (χ1v) is 8.61. The summed E-state index contributed by atoms with van der Waals surface area (Å²) in [4.78, 5) is 39.8. The van der Waals surface area contributed by atoms with Gasteiger partial charge in [0.25, 0.3) is 11.8 Å². The zero-order chi connectivity index (χ0) is 16.9. The van der Waals surface area contributed by atoms with Crippen LogP contribution in [0.2, 0.25) is 0 Å². The first-order chi connectivity index (χ1) is 11.7. The SMILES string of the molecule is O=C(CCCN1C(=O)c2ccccc2C1=O)NCCN1CCCC1. The van der Waals surface area contributed by atoms with Crippen molar-refractivity contribution in [1.29, 1.82) is 0 Å². The molecule has 0 saturated carbocycles. The van der Waals surface area contributed by atoms with Crippen LogP contribution < -0.4 is 5.32 Å². The first kappa shape index (κ1) is 16.6. The minimum absolute atomic E-state index is 0.0224. The lowest BCUT2D eigenvalue weighted by atomic mass is 10.1. The third-order valence-corrected chi connectivity index (χ3v) is 4.61. The highest BCUT2D eigenvalue weighted by atomic mass is 16.2. The highest BCUT2D eigenvalue weighted by Crippen LogP contribution is 2.22. The van der Waals surface area contributed by atoms with Crippen molar-refractivity contribution in [2.75, 3.05) is 32.7 Å². The van der Waals surface area contributed by atoms with Crippen molar-refractivity contribution < 1.29 is 14.4 Å². The van der Waals surface area contributed by atoms with Gasteiger partial charge in [-0.15, -0.1) is 0 Å². The van der Waals surface area contributed by atoms with Crippen LogP contribution in [-0.4, -0.2) is 60.2 Å². The van der Waals surface area contributed by atoms with E-state index in [2.05, 4.69) is 10.2 Å². The van der Waals surface area contributed by atoms with Crippen LogP contribution in [0.3, 0.4) is 0 Å². The largest absolute Gasteiger partial charge is 0.355 e. The molecule has 2 aliphatic rings. The summed E-state index contributed by atoms with van der Waals surface area (Å²) in [5.41, 5.74) is 0.912. The average molecular weight is 329 g/mol. The van der Waals surface area contributed by atoms with Gasteiger partial charge in [-0.3, -0.25) is 19.3 Å². The zero-order valence-electron chi connectivity index (χ0n) is 13.8. The van der Waals surface area contributed by atoms with Crippen molar-refractivity contribution in [2.24, 2.45) is 0 Å². The summed E-state index contributed by atoms with van der Waals surface area (Å²) < 4.78 is 0. The molecule has 24 heavy (non-hydrogen) atoms. The number of amides is 3. The van der Waals surface area contributed by atoms with Gasteiger partial charge >= 0.3 is 0 Å². The molecule has 6 heteroatoms. The predicted octanol–water partition coefficient (Wildman–Crippen LogP) is 1.27. The third-order valence-electron chi connectivity index (χ3n) is 4.61. The van der Waals surface area contributed by atoms with Gasteiger partial charge in [-0.1, -0.05) is 12.1 Å². The Hall–Kier alpha value is -2.21. The fourth-order valence-corrected chi connectivity index (χ4v) is 3.29. The third kappa shape index (κ3) is 3.64. The molecule has 3 rings (SSSR count). The molecule has 0 aliphatic carbocycles. The van der Waals surface area contributed by atoms with Gasteiger partial charge in [0.15, 0.2) is 0 Å². The highest BCUT2D eigenvalue weighted by Gasteiger charge is 2.34. The molecule has 128 valence electrons. The van der Waals surface area contributed by atoms with Crippen molar-refractivity contribution in [3.05, 3.63) is 35.4 Å². The second-order valence-electron chi connectivity index (χ2n) is 6.31. The summed E-state index contributed by atoms with van der Waals surface area (Å²) in [5, 5.41) is 2.91. The Morgan fingerprint density at radius 2 is 1.62 bits per heavy atom. The molecule has 1 saturated heterocycles. The van der Waals surface area contributed by atoms with Crippen molar-refractivity contribution >= 4 is 17.7 Å². The Balaban J connectivity index is 1.38. The molecule has 2 aliphatic heterocycles. The van der Waals surface area contributed by atoms with Crippen LogP contribution in [-0.2, 0) is 4.79 Å². The number of nitrogens with zero attached hydrogens (tertiary/aromatic N) is 2. The standard InChI is InChI=1S/C18H23N3O3/c22-16(19-9-13-20-10-3-4-11-20)8-5-12-21-17(23)14-6-1-2-7-15(14)18(21)24/h1-2,6-7H,3-5,8-13H2,(H,19,22). The first-order valence-electron chi connectivity index (χ1n) is 8.61. The second kappa shape index (κ2) is 7.57. The number of carbonyl (C=O) groups excluding carboxylic acids is 3. The van der Waals surface area contributed by atoms with Crippen LogP contribution in [0.1, 0.15) is 46.4 Å². The van der Waals surface area contributed by atoms with Gasteiger partial charge in [0.1, 0.15) is 0 Å². The van der Waals surface area contributed by atoms with E-state index in [0.29, 0.717) is 30.5 Å². The minimum Gasteiger partial charge on any atom is -0.355 e. The Morgan fingerprint density at radius 3 is 2.25 bits per heavy atom. The molecular formula is C18H23N3O3. The van der Waals surface area contributed by atoms with E-state index in [1.54, 1.807) is 24.3 Å². The average Bonchev–Trinajstić information content (AvgIpc) is 3.18. The smallest absolute Gasteiger partial charge is 0.261 e. The van der Waals surface area contributed by atoms with Crippen LogP contribution in [0.4, 0.5) is 0 Å². The summed E-state index contributed by atoms with van der Waals surface area (Å²) in [7, 11) is 0. The molecule has 6 nitrogen and oxygen atoms in total. The van der Waals surface area contributed by atoms with Crippen LogP contribution in [0.5, 0.6) is 0 Å². The molecule has 2 heterocycles.